The normalized spacial score (nSPS) is 21.2. The van der Waals surface area contributed by atoms with E-state index >= 15 is 0 Å². The van der Waals surface area contributed by atoms with Crippen molar-refractivity contribution in [1.82, 2.24) is 9.97 Å². The highest BCUT2D eigenvalue weighted by atomic mass is 16.5. The van der Waals surface area contributed by atoms with Gasteiger partial charge in [0.1, 0.15) is 17.2 Å². The third-order valence-corrected chi connectivity index (χ3v) is 4.67. The Morgan fingerprint density at radius 3 is 2.67 bits per heavy atom. The van der Waals surface area contributed by atoms with Crippen molar-refractivity contribution in [1.29, 1.82) is 0 Å². The Labute approximate surface area is 125 Å². The second kappa shape index (κ2) is 6.18. The van der Waals surface area contributed by atoms with Crippen molar-refractivity contribution >= 4 is 5.82 Å². The Morgan fingerprint density at radius 2 is 1.95 bits per heavy atom. The molecule has 5 heteroatoms. The minimum atomic E-state index is -0.404. The van der Waals surface area contributed by atoms with Crippen LogP contribution in [0.3, 0.4) is 0 Å². The Morgan fingerprint density at radius 1 is 1.19 bits per heavy atom. The van der Waals surface area contributed by atoms with Crippen molar-refractivity contribution in [2.45, 2.75) is 63.9 Å². The predicted molar refractivity (Wildman–Crippen MR) is 82.7 cm³/mol. The molecule has 21 heavy (non-hydrogen) atoms. The number of aromatic nitrogens is 2. The molecule has 0 unspecified atom stereocenters. The molecule has 0 atom stereocenters. The van der Waals surface area contributed by atoms with Gasteiger partial charge in [0.05, 0.1) is 5.56 Å². The molecule has 2 N–H and O–H groups in total. The molecule has 1 aliphatic heterocycles. The highest BCUT2D eigenvalue weighted by molar-refractivity contribution is 5.45. The summed E-state index contributed by atoms with van der Waals surface area (Å²) in [7, 11) is 0. The summed E-state index contributed by atoms with van der Waals surface area (Å²) < 4.78 is 6.12. The number of fused-ring (bicyclic) bond motifs is 1. The summed E-state index contributed by atoms with van der Waals surface area (Å²) in [5, 5.41) is 3.27. The predicted octanol–water partition coefficient (Wildman–Crippen LogP) is 2.71. The lowest BCUT2D eigenvalue weighted by Crippen LogP contribution is -2.36. The van der Waals surface area contributed by atoms with Crippen LogP contribution in [0.1, 0.15) is 63.3 Å². The molecule has 1 aromatic rings. The van der Waals surface area contributed by atoms with Crippen LogP contribution in [0.15, 0.2) is 4.79 Å². The largest absolute Gasteiger partial charge is 0.370 e. The van der Waals surface area contributed by atoms with Crippen LogP contribution < -0.4 is 10.9 Å². The number of hydrogen-bond acceptors (Lipinski definition) is 4. The molecular weight excluding hydrogens is 266 g/mol. The molecule has 3 rings (SSSR count). The summed E-state index contributed by atoms with van der Waals surface area (Å²) in [5.41, 5.74) is 0.397. The topological polar surface area (TPSA) is 67.0 Å². The third-order valence-electron chi connectivity index (χ3n) is 4.67. The van der Waals surface area contributed by atoms with Gasteiger partial charge >= 0.3 is 0 Å². The van der Waals surface area contributed by atoms with Crippen molar-refractivity contribution in [3.63, 3.8) is 0 Å². The summed E-state index contributed by atoms with van der Waals surface area (Å²) >= 11 is 0. The van der Waals surface area contributed by atoms with E-state index < -0.39 is 5.60 Å². The Balaban J connectivity index is 2.02. The van der Waals surface area contributed by atoms with E-state index in [-0.39, 0.29) is 5.56 Å². The maximum absolute atomic E-state index is 12.4. The van der Waals surface area contributed by atoms with Gasteiger partial charge in [0.2, 0.25) is 0 Å². The average molecular weight is 291 g/mol. The number of anilines is 1. The molecule has 0 radical (unpaired) electrons. The highest BCUT2D eigenvalue weighted by Gasteiger charge is 2.37. The van der Waals surface area contributed by atoms with Gasteiger partial charge in [0, 0.05) is 13.2 Å². The molecule has 1 saturated carbocycles. The maximum atomic E-state index is 12.4. The monoisotopic (exact) mass is 291 g/mol. The zero-order chi connectivity index (χ0) is 14.7. The van der Waals surface area contributed by atoms with Gasteiger partial charge in [-0.2, -0.15) is 0 Å². The molecule has 0 saturated heterocycles. The van der Waals surface area contributed by atoms with E-state index in [1.165, 1.54) is 12.8 Å². The molecular formula is C16H25N3O2. The lowest BCUT2D eigenvalue weighted by atomic mass is 9.92. The maximum Gasteiger partial charge on any atom is 0.256 e. The summed E-state index contributed by atoms with van der Waals surface area (Å²) in [6, 6.07) is 0. The number of H-pyrrole nitrogens is 1. The fourth-order valence-corrected chi connectivity index (χ4v) is 3.59. The average Bonchev–Trinajstić information content (AvgIpc) is 2.74. The summed E-state index contributed by atoms with van der Waals surface area (Å²) in [4.78, 5) is 20.1. The van der Waals surface area contributed by atoms with Crippen molar-refractivity contribution < 1.29 is 4.74 Å². The number of aromatic amines is 1. The number of nitrogens with zero attached hydrogens (tertiary/aromatic N) is 1. The van der Waals surface area contributed by atoms with E-state index in [1.807, 2.05) is 6.92 Å². The standard InChI is InChI=1S/C16H25N3O2/c1-2-21-16(9-5-3-4-6-10-16)15-18-13-12(14(20)19-15)8-7-11-17-13/h2-11H2,1H3,(H2,17,18,19,20). The van der Waals surface area contributed by atoms with Gasteiger partial charge in [0.15, 0.2) is 0 Å². The lowest BCUT2D eigenvalue weighted by Gasteiger charge is -2.32. The summed E-state index contributed by atoms with van der Waals surface area (Å²) in [6.45, 7) is 3.56. The fraction of sp³-hybridized carbons (Fsp3) is 0.750. The van der Waals surface area contributed by atoms with Gasteiger partial charge in [-0.25, -0.2) is 4.98 Å². The van der Waals surface area contributed by atoms with Crippen LogP contribution >= 0.6 is 0 Å². The van der Waals surface area contributed by atoms with E-state index in [4.69, 9.17) is 9.72 Å². The molecule has 1 fully saturated rings. The molecule has 5 nitrogen and oxygen atoms in total. The first-order valence-electron chi connectivity index (χ1n) is 8.27. The first-order valence-corrected chi connectivity index (χ1v) is 8.27. The highest BCUT2D eigenvalue weighted by Crippen LogP contribution is 2.38. The molecule has 0 bridgehead atoms. The molecule has 0 aromatic carbocycles. The molecule has 2 aliphatic rings. The third kappa shape index (κ3) is 2.84. The van der Waals surface area contributed by atoms with Crippen molar-refractivity contribution in [2.75, 3.05) is 18.5 Å². The zero-order valence-corrected chi connectivity index (χ0v) is 12.8. The van der Waals surface area contributed by atoms with Gasteiger partial charge < -0.3 is 15.0 Å². The molecule has 116 valence electrons. The van der Waals surface area contributed by atoms with Gasteiger partial charge in [0.25, 0.3) is 5.56 Å². The van der Waals surface area contributed by atoms with Gasteiger partial charge in [-0.3, -0.25) is 4.79 Å². The Hall–Kier alpha value is -1.36. The minimum absolute atomic E-state index is 0.00512. The van der Waals surface area contributed by atoms with Crippen molar-refractivity contribution in [2.24, 2.45) is 0 Å². The van der Waals surface area contributed by atoms with Crippen LogP contribution in [0.5, 0.6) is 0 Å². The van der Waals surface area contributed by atoms with E-state index in [0.29, 0.717) is 6.61 Å². The minimum Gasteiger partial charge on any atom is -0.370 e. The number of hydrogen-bond donors (Lipinski definition) is 2. The van der Waals surface area contributed by atoms with E-state index in [1.54, 1.807) is 0 Å². The van der Waals surface area contributed by atoms with Gasteiger partial charge in [-0.05, 0) is 32.6 Å². The van der Waals surface area contributed by atoms with Crippen LogP contribution in [-0.4, -0.2) is 23.1 Å². The zero-order valence-electron chi connectivity index (χ0n) is 12.8. The quantitative estimate of drug-likeness (QED) is 0.840. The molecule has 1 aromatic heterocycles. The SMILES string of the molecule is CCOC1(c2nc3c(c(=O)[nH]2)CCCN3)CCCCCC1. The Bertz CT molecular complexity index is 545. The Kier molecular flexibility index (Phi) is 4.29. The first kappa shape index (κ1) is 14.6. The van der Waals surface area contributed by atoms with E-state index in [0.717, 1.165) is 62.3 Å². The van der Waals surface area contributed by atoms with E-state index in [9.17, 15) is 4.79 Å². The first-order chi connectivity index (χ1) is 10.2. The number of rotatable bonds is 3. The second-order valence-electron chi connectivity index (χ2n) is 6.11. The van der Waals surface area contributed by atoms with E-state index in [2.05, 4.69) is 10.3 Å². The second-order valence-corrected chi connectivity index (χ2v) is 6.11. The lowest BCUT2D eigenvalue weighted by molar-refractivity contribution is -0.0625. The van der Waals surface area contributed by atoms with Crippen LogP contribution in [0.4, 0.5) is 5.82 Å². The molecule has 0 spiro atoms. The van der Waals surface area contributed by atoms with Crippen LogP contribution in [-0.2, 0) is 16.8 Å². The molecule has 1 aliphatic carbocycles. The van der Waals surface area contributed by atoms with Gasteiger partial charge in [-0.1, -0.05) is 25.7 Å². The molecule has 2 heterocycles. The van der Waals surface area contributed by atoms with Crippen LogP contribution in [0.2, 0.25) is 0 Å². The van der Waals surface area contributed by atoms with Gasteiger partial charge in [-0.15, -0.1) is 0 Å². The number of ether oxygens (including phenoxy) is 1. The summed E-state index contributed by atoms with van der Waals surface area (Å²) in [6.07, 6.45) is 8.44. The van der Waals surface area contributed by atoms with Crippen LogP contribution in [0, 0.1) is 0 Å². The smallest absolute Gasteiger partial charge is 0.256 e. The fourth-order valence-electron chi connectivity index (χ4n) is 3.59. The van der Waals surface area contributed by atoms with Crippen molar-refractivity contribution in [3.8, 4) is 0 Å². The molecule has 0 amide bonds. The van der Waals surface area contributed by atoms with Crippen LogP contribution in [0.25, 0.3) is 0 Å². The summed E-state index contributed by atoms with van der Waals surface area (Å²) in [5.74, 6) is 1.49. The number of nitrogens with one attached hydrogen (secondary N) is 2. The van der Waals surface area contributed by atoms with Crippen molar-refractivity contribution in [3.05, 3.63) is 21.7 Å².